The number of carbonyl (C=O) groups is 2. The predicted octanol–water partition coefficient (Wildman–Crippen LogP) is 3.05. The minimum Gasteiger partial charge on any atom is -0.337 e. The molecule has 0 radical (unpaired) electrons. The van der Waals surface area contributed by atoms with E-state index < -0.39 is 0 Å². The molecule has 1 aliphatic heterocycles. The predicted molar refractivity (Wildman–Crippen MR) is 94.6 cm³/mol. The highest BCUT2D eigenvalue weighted by Gasteiger charge is 2.28. The number of hydrogen-bond acceptors (Lipinski definition) is 2. The van der Waals surface area contributed by atoms with Gasteiger partial charge in [0.15, 0.2) is 0 Å². The van der Waals surface area contributed by atoms with Crippen LogP contribution in [0.15, 0.2) is 54.6 Å². The molecule has 0 unspecified atom stereocenters. The Labute approximate surface area is 142 Å². The van der Waals surface area contributed by atoms with Crippen LogP contribution in [0.1, 0.15) is 24.2 Å². The Kier molecular flexibility index (Phi) is 4.65. The second-order valence-corrected chi connectivity index (χ2v) is 6.35. The number of benzene rings is 2. The van der Waals surface area contributed by atoms with Crippen LogP contribution in [0.3, 0.4) is 0 Å². The van der Waals surface area contributed by atoms with Crippen molar-refractivity contribution < 1.29 is 9.59 Å². The molecular formula is C20H22N2O2. The molecule has 0 N–H and O–H groups in total. The molecule has 0 atom stereocenters. The molecule has 1 heterocycles. The van der Waals surface area contributed by atoms with Gasteiger partial charge in [0.1, 0.15) is 6.54 Å². The van der Waals surface area contributed by atoms with Gasteiger partial charge in [0.2, 0.25) is 5.91 Å². The zero-order valence-corrected chi connectivity index (χ0v) is 14.1. The summed E-state index contributed by atoms with van der Waals surface area (Å²) in [5.74, 6) is -0.0585. The number of nitrogens with zero attached hydrogens (tertiary/aromatic N) is 2. The van der Waals surface area contributed by atoms with Crippen molar-refractivity contribution in [1.29, 1.82) is 0 Å². The van der Waals surface area contributed by atoms with Gasteiger partial charge in [0.05, 0.1) is 0 Å². The summed E-state index contributed by atoms with van der Waals surface area (Å²) in [4.78, 5) is 28.2. The highest BCUT2D eigenvalue weighted by atomic mass is 16.2. The fourth-order valence-electron chi connectivity index (χ4n) is 3.02. The van der Waals surface area contributed by atoms with Crippen molar-refractivity contribution in [1.82, 2.24) is 9.80 Å². The lowest BCUT2D eigenvalue weighted by atomic mass is 10.0. The van der Waals surface area contributed by atoms with Crippen molar-refractivity contribution in [3.05, 3.63) is 60.2 Å². The molecule has 2 aromatic rings. The standard InChI is InChI=1S/C20H22N2O2/c1-15(2)22-13-12-21(14-19(22)23)20(24)18-10-8-17(9-11-18)16-6-4-3-5-7-16/h3-11,15H,12-14H2,1-2H3. The summed E-state index contributed by atoms with van der Waals surface area (Å²) in [5.41, 5.74) is 2.82. The molecule has 1 aliphatic rings. The first kappa shape index (κ1) is 16.2. The zero-order chi connectivity index (χ0) is 17.1. The minimum atomic E-state index is -0.0774. The average Bonchev–Trinajstić information content (AvgIpc) is 2.61. The first-order valence-electron chi connectivity index (χ1n) is 8.30. The molecule has 3 rings (SSSR count). The van der Waals surface area contributed by atoms with Crippen LogP contribution < -0.4 is 0 Å². The van der Waals surface area contributed by atoms with Gasteiger partial charge >= 0.3 is 0 Å². The van der Waals surface area contributed by atoms with E-state index in [1.165, 1.54) is 0 Å². The minimum absolute atomic E-state index is 0.0190. The Morgan fingerprint density at radius 1 is 0.917 bits per heavy atom. The van der Waals surface area contributed by atoms with Crippen molar-refractivity contribution in [2.24, 2.45) is 0 Å². The summed E-state index contributed by atoms with van der Waals surface area (Å²) >= 11 is 0. The second-order valence-electron chi connectivity index (χ2n) is 6.35. The lowest BCUT2D eigenvalue weighted by Gasteiger charge is -2.36. The maximum Gasteiger partial charge on any atom is 0.254 e. The van der Waals surface area contributed by atoms with Crippen molar-refractivity contribution in [3.8, 4) is 11.1 Å². The number of amides is 2. The van der Waals surface area contributed by atoms with Crippen molar-refractivity contribution in [2.45, 2.75) is 19.9 Å². The maximum absolute atomic E-state index is 12.6. The first-order valence-corrected chi connectivity index (χ1v) is 8.30. The van der Waals surface area contributed by atoms with Gasteiger partial charge in [-0.3, -0.25) is 9.59 Å². The fraction of sp³-hybridized carbons (Fsp3) is 0.300. The SMILES string of the molecule is CC(C)N1CCN(C(=O)c2ccc(-c3ccccc3)cc2)CC1=O. The van der Waals surface area contributed by atoms with E-state index in [-0.39, 0.29) is 24.4 Å². The van der Waals surface area contributed by atoms with Gasteiger partial charge in [-0.05, 0) is 37.1 Å². The molecule has 1 saturated heterocycles. The normalized spacial score (nSPS) is 15.0. The number of piperazine rings is 1. The first-order chi connectivity index (χ1) is 11.6. The number of carbonyl (C=O) groups excluding carboxylic acids is 2. The number of rotatable bonds is 3. The maximum atomic E-state index is 12.6. The molecule has 24 heavy (non-hydrogen) atoms. The third kappa shape index (κ3) is 3.32. The van der Waals surface area contributed by atoms with Gasteiger partial charge in [-0.25, -0.2) is 0 Å². The van der Waals surface area contributed by atoms with Crippen LogP contribution in [0, 0.1) is 0 Å². The molecule has 4 nitrogen and oxygen atoms in total. The van der Waals surface area contributed by atoms with Crippen LogP contribution in [0.2, 0.25) is 0 Å². The third-order valence-corrected chi connectivity index (χ3v) is 4.41. The van der Waals surface area contributed by atoms with Crippen molar-refractivity contribution in [3.63, 3.8) is 0 Å². The van der Waals surface area contributed by atoms with Crippen LogP contribution in [-0.4, -0.2) is 47.3 Å². The third-order valence-electron chi connectivity index (χ3n) is 4.41. The van der Waals surface area contributed by atoms with E-state index in [1.54, 1.807) is 4.90 Å². The summed E-state index contributed by atoms with van der Waals surface area (Å²) in [7, 11) is 0. The Bertz CT molecular complexity index is 723. The quantitative estimate of drug-likeness (QED) is 0.871. The summed E-state index contributed by atoms with van der Waals surface area (Å²) in [6, 6.07) is 17.8. The Morgan fingerprint density at radius 3 is 2.12 bits per heavy atom. The average molecular weight is 322 g/mol. The molecule has 0 bridgehead atoms. The Morgan fingerprint density at radius 2 is 1.54 bits per heavy atom. The van der Waals surface area contributed by atoms with Crippen LogP contribution in [0.5, 0.6) is 0 Å². The highest BCUT2D eigenvalue weighted by Crippen LogP contribution is 2.20. The molecule has 2 aromatic carbocycles. The van der Waals surface area contributed by atoms with E-state index in [4.69, 9.17) is 0 Å². The molecule has 1 fully saturated rings. The van der Waals surface area contributed by atoms with Crippen molar-refractivity contribution in [2.75, 3.05) is 19.6 Å². The van der Waals surface area contributed by atoms with Crippen LogP contribution >= 0.6 is 0 Å². The zero-order valence-electron chi connectivity index (χ0n) is 14.1. The van der Waals surface area contributed by atoms with E-state index in [0.29, 0.717) is 18.7 Å². The molecule has 0 aromatic heterocycles. The monoisotopic (exact) mass is 322 g/mol. The van der Waals surface area contributed by atoms with E-state index in [9.17, 15) is 9.59 Å². The smallest absolute Gasteiger partial charge is 0.254 e. The van der Waals surface area contributed by atoms with Gasteiger partial charge in [-0.15, -0.1) is 0 Å². The molecule has 0 spiro atoms. The van der Waals surface area contributed by atoms with Gasteiger partial charge in [0, 0.05) is 24.7 Å². The fourth-order valence-corrected chi connectivity index (χ4v) is 3.02. The Hall–Kier alpha value is -2.62. The van der Waals surface area contributed by atoms with Crippen LogP contribution in [-0.2, 0) is 4.79 Å². The lowest BCUT2D eigenvalue weighted by molar-refractivity contribution is -0.136. The van der Waals surface area contributed by atoms with Crippen LogP contribution in [0.25, 0.3) is 11.1 Å². The topological polar surface area (TPSA) is 40.6 Å². The van der Waals surface area contributed by atoms with Gasteiger partial charge < -0.3 is 9.80 Å². The summed E-state index contributed by atoms with van der Waals surface area (Å²) < 4.78 is 0. The van der Waals surface area contributed by atoms with E-state index in [1.807, 2.05) is 73.3 Å². The molecule has 2 amide bonds. The van der Waals surface area contributed by atoms with Gasteiger partial charge in [-0.2, -0.15) is 0 Å². The largest absolute Gasteiger partial charge is 0.337 e. The molecule has 124 valence electrons. The number of hydrogen-bond donors (Lipinski definition) is 0. The van der Waals surface area contributed by atoms with Crippen LogP contribution in [0.4, 0.5) is 0 Å². The summed E-state index contributed by atoms with van der Waals surface area (Å²) in [6.07, 6.45) is 0. The van der Waals surface area contributed by atoms with Gasteiger partial charge in [-0.1, -0.05) is 42.5 Å². The second kappa shape index (κ2) is 6.87. The Balaban J connectivity index is 1.71. The molecule has 0 saturated carbocycles. The summed E-state index contributed by atoms with van der Waals surface area (Å²) in [6.45, 7) is 5.35. The molecule has 0 aliphatic carbocycles. The molecule has 4 heteroatoms. The van der Waals surface area contributed by atoms with Crippen molar-refractivity contribution >= 4 is 11.8 Å². The lowest BCUT2D eigenvalue weighted by Crippen LogP contribution is -2.54. The van der Waals surface area contributed by atoms with E-state index >= 15 is 0 Å². The van der Waals surface area contributed by atoms with E-state index in [0.717, 1.165) is 11.1 Å². The van der Waals surface area contributed by atoms with Gasteiger partial charge in [0.25, 0.3) is 5.91 Å². The molecular weight excluding hydrogens is 300 g/mol. The highest BCUT2D eigenvalue weighted by molar-refractivity contribution is 5.97. The van der Waals surface area contributed by atoms with E-state index in [2.05, 4.69) is 0 Å². The summed E-state index contributed by atoms with van der Waals surface area (Å²) in [5, 5.41) is 0.